The van der Waals surface area contributed by atoms with Gasteiger partial charge in [0.1, 0.15) is 22.9 Å². The number of aromatic amines is 1. The van der Waals surface area contributed by atoms with Gasteiger partial charge in [-0.05, 0) is 74.2 Å². The molecule has 2 aromatic carbocycles. The second kappa shape index (κ2) is 15.3. The van der Waals surface area contributed by atoms with Crippen LogP contribution in [0.3, 0.4) is 0 Å². The van der Waals surface area contributed by atoms with Crippen LogP contribution in [0.25, 0.3) is 10.9 Å². The third-order valence-corrected chi connectivity index (χ3v) is 15.6. The number of unbranched alkanes of at least 4 members (excludes halogenated alkanes) is 1. The number of nitrogens with zero attached hydrogens (tertiary/aromatic N) is 3. The number of aliphatic hydroxyl groups is 1. The summed E-state index contributed by atoms with van der Waals surface area (Å²) >= 11 is 0. The van der Waals surface area contributed by atoms with Gasteiger partial charge in [0.2, 0.25) is 0 Å². The lowest BCUT2D eigenvalue weighted by atomic mass is 9.47. The molecule has 1 aromatic heterocycles. The first-order chi connectivity index (χ1) is 29.0. The Morgan fingerprint density at radius 3 is 2.60 bits per heavy atom. The Kier molecular flexibility index (Phi) is 10.5. The highest BCUT2D eigenvalue weighted by Crippen LogP contribution is 2.68. The van der Waals surface area contributed by atoms with Crippen LogP contribution in [0.2, 0.25) is 0 Å². The van der Waals surface area contributed by atoms with Crippen LogP contribution in [0.1, 0.15) is 88.6 Å². The van der Waals surface area contributed by atoms with E-state index in [1.54, 1.807) is 7.11 Å². The fourth-order valence-electron chi connectivity index (χ4n) is 13.5. The molecule has 11 nitrogen and oxygen atoms in total. The van der Waals surface area contributed by atoms with E-state index in [0.717, 1.165) is 104 Å². The van der Waals surface area contributed by atoms with Gasteiger partial charge < -0.3 is 33.9 Å². The van der Waals surface area contributed by atoms with Crippen molar-refractivity contribution in [2.45, 2.75) is 107 Å². The van der Waals surface area contributed by atoms with Crippen molar-refractivity contribution in [2.24, 2.45) is 11.3 Å². The molecule has 5 aliphatic heterocycles. The average Bonchev–Trinajstić information content (AvgIpc) is 3.92. The van der Waals surface area contributed by atoms with Gasteiger partial charge in [0, 0.05) is 97.5 Å². The number of hydrogen-bond acceptors (Lipinski definition) is 10. The molecule has 1 saturated heterocycles. The van der Waals surface area contributed by atoms with Crippen LogP contribution in [0.4, 0.5) is 5.69 Å². The van der Waals surface area contributed by atoms with Crippen LogP contribution in [0.15, 0.2) is 60.2 Å². The summed E-state index contributed by atoms with van der Waals surface area (Å²) in [5.74, 6) is -0.0830. The maximum absolute atomic E-state index is 15.4. The number of ether oxygens (including phenoxy) is 4. The first kappa shape index (κ1) is 41.2. The van der Waals surface area contributed by atoms with Gasteiger partial charge in [0.15, 0.2) is 0 Å². The number of carbonyl (C=O) groups excluding carboxylic acids is 2. The number of fused-ring (bicyclic) bond motifs is 6. The first-order valence-corrected chi connectivity index (χ1v) is 22.4. The molecule has 2 fully saturated rings. The predicted molar refractivity (Wildman–Crippen MR) is 233 cm³/mol. The summed E-state index contributed by atoms with van der Waals surface area (Å²) in [7, 11) is 5.25. The van der Waals surface area contributed by atoms with Crippen molar-refractivity contribution < 1.29 is 33.6 Å². The molecule has 2 N–H and O–H groups in total. The second-order valence-corrected chi connectivity index (χ2v) is 18.6. The highest BCUT2D eigenvalue weighted by Gasteiger charge is 2.78. The molecule has 0 radical (unpaired) electrons. The van der Waals surface area contributed by atoms with E-state index >= 15 is 4.79 Å². The minimum absolute atomic E-state index is 0.0107. The minimum Gasteiger partial charge on any atom is -0.496 e. The Bertz CT molecular complexity index is 2230. The zero-order valence-electron chi connectivity index (χ0n) is 36.6. The van der Waals surface area contributed by atoms with E-state index in [4.69, 9.17) is 18.9 Å². The molecule has 6 aliphatic rings. The van der Waals surface area contributed by atoms with Crippen molar-refractivity contribution in [2.75, 3.05) is 72.1 Å². The molecule has 2 bridgehead atoms. The van der Waals surface area contributed by atoms with Gasteiger partial charge in [0.05, 0.1) is 26.9 Å². The van der Waals surface area contributed by atoms with E-state index in [-0.39, 0.29) is 24.5 Å². The molecular weight excluding hydrogens is 757 g/mol. The number of anilines is 1. The van der Waals surface area contributed by atoms with E-state index in [1.807, 2.05) is 6.07 Å². The summed E-state index contributed by atoms with van der Waals surface area (Å²) in [6.07, 6.45) is 11.4. The second-order valence-electron chi connectivity index (χ2n) is 18.6. The zero-order chi connectivity index (χ0) is 42.2. The maximum Gasteiger partial charge on any atom is 0.322 e. The van der Waals surface area contributed by atoms with Crippen molar-refractivity contribution in [1.82, 2.24) is 14.8 Å². The van der Waals surface area contributed by atoms with Gasteiger partial charge >= 0.3 is 11.9 Å². The van der Waals surface area contributed by atoms with Crippen LogP contribution in [-0.4, -0.2) is 123 Å². The molecule has 6 heterocycles. The molecular formula is C49H64N4O7. The Morgan fingerprint density at radius 2 is 1.87 bits per heavy atom. The molecule has 60 heavy (non-hydrogen) atoms. The number of benzene rings is 2. The SMILES string of the molecule is CCCCOC[C@@]1(O)[C@H](OC(C)=O)[C@]2(CC)C=CCN3CC[C@]4(c5cc([C@@]6(C(=O)OC)C[C@@H]7C=C(CC)CN(CCc8c6[nH]c6ccccc86)C7)c(OC)cc5N(C)[C@@H]14)[C@H]32. The zero-order valence-corrected chi connectivity index (χ0v) is 36.6. The van der Waals surface area contributed by atoms with Crippen LogP contribution in [-0.2, 0) is 41.1 Å². The van der Waals surface area contributed by atoms with E-state index in [0.29, 0.717) is 25.2 Å². The molecule has 322 valence electrons. The van der Waals surface area contributed by atoms with E-state index in [9.17, 15) is 9.90 Å². The molecule has 1 unspecified atom stereocenters. The standard InChI is InChI=1S/C49H64N4O7/c1-8-11-23-59-30-49(56)43-47(19-22-53-20-14-18-46(10-3,42(47)53)44(49)60-31(4)54)36-25-37(40(57-6)26-39(36)51(43)5)48(45(55)58-7)27-33-24-32(9-2)28-52(29-33)21-17-35-34-15-12-13-16-38(34)50-41(35)48/h12-16,18,24-26,33,42-44,50,56H,8-11,17,19-23,27-30H2,1-7H3/t33-,42+,43+,44+,46+,47-,48-,49-/m0/s1. The summed E-state index contributed by atoms with van der Waals surface area (Å²) < 4.78 is 25.4. The monoisotopic (exact) mass is 820 g/mol. The normalized spacial score (nSPS) is 34.1. The van der Waals surface area contributed by atoms with Gasteiger partial charge in [-0.3, -0.25) is 19.4 Å². The van der Waals surface area contributed by atoms with Gasteiger partial charge in [-0.25, -0.2) is 0 Å². The van der Waals surface area contributed by atoms with Crippen LogP contribution >= 0.6 is 0 Å². The molecule has 1 aliphatic carbocycles. The number of aromatic nitrogens is 1. The molecule has 11 heteroatoms. The molecule has 1 saturated carbocycles. The number of hydrogen-bond donors (Lipinski definition) is 2. The van der Waals surface area contributed by atoms with Crippen LogP contribution < -0.4 is 9.64 Å². The van der Waals surface area contributed by atoms with Crippen molar-refractivity contribution in [3.8, 4) is 5.75 Å². The number of likely N-dealkylation sites (N-methyl/N-ethyl adjacent to an activating group) is 1. The Hall–Kier alpha value is -4.16. The Labute approximate surface area is 355 Å². The number of esters is 2. The first-order valence-electron chi connectivity index (χ1n) is 22.4. The van der Waals surface area contributed by atoms with E-state index < -0.39 is 40.0 Å². The number of carbonyl (C=O) groups is 2. The van der Waals surface area contributed by atoms with Crippen LogP contribution in [0.5, 0.6) is 5.75 Å². The number of para-hydroxylation sites is 1. The molecule has 9 atom stereocenters. The van der Waals surface area contributed by atoms with E-state index in [2.05, 4.69) is 96.1 Å². The van der Waals surface area contributed by atoms with Crippen molar-refractivity contribution in [3.63, 3.8) is 0 Å². The lowest BCUT2D eigenvalue weighted by Gasteiger charge is -2.64. The number of H-pyrrole nitrogens is 1. The van der Waals surface area contributed by atoms with Gasteiger partial charge in [-0.15, -0.1) is 0 Å². The predicted octanol–water partition coefficient (Wildman–Crippen LogP) is 6.44. The van der Waals surface area contributed by atoms with Crippen LogP contribution in [0, 0.1) is 11.3 Å². The average molecular weight is 821 g/mol. The fraction of sp³-hybridized carbons (Fsp3) is 0.592. The van der Waals surface area contributed by atoms with Crippen molar-refractivity contribution >= 4 is 28.5 Å². The smallest absolute Gasteiger partial charge is 0.322 e. The topological polar surface area (TPSA) is 117 Å². The molecule has 0 amide bonds. The number of nitrogens with one attached hydrogen (secondary N) is 1. The van der Waals surface area contributed by atoms with Gasteiger partial charge in [0.25, 0.3) is 0 Å². The third kappa shape index (κ3) is 5.74. The Morgan fingerprint density at radius 1 is 1.05 bits per heavy atom. The largest absolute Gasteiger partial charge is 0.496 e. The van der Waals surface area contributed by atoms with Crippen molar-refractivity contribution in [3.05, 3.63) is 82.6 Å². The maximum atomic E-state index is 15.4. The van der Waals surface area contributed by atoms with Gasteiger partial charge in [-0.1, -0.05) is 69.2 Å². The summed E-state index contributed by atoms with van der Waals surface area (Å²) in [5, 5.41) is 14.8. The summed E-state index contributed by atoms with van der Waals surface area (Å²) in [6, 6.07) is 12.1. The summed E-state index contributed by atoms with van der Waals surface area (Å²) in [5.41, 5.74) is 2.94. The quantitative estimate of drug-likeness (QED) is 0.127. The Balaban J connectivity index is 1.34. The third-order valence-electron chi connectivity index (χ3n) is 15.6. The molecule has 9 rings (SSSR count). The fourth-order valence-corrected chi connectivity index (χ4v) is 13.5. The van der Waals surface area contributed by atoms with Crippen molar-refractivity contribution in [1.29, 1.82) is 0 Å². The molecule has 3 aromatic rings. The minimum atomic E-state index is -1.60. The summed E-state index contributed by atoms with van der Waals surface area (Å²) in [4.78, 5) is 39.7. The number of methoxy groups -OCH3 is 2. The lowest BCUT2D eigenvalue weighted by molar-refractivity contribution is -0.233. The highest BCUT2D eigenvalue weighted by molar-refractivity contribution is 5.94. The van der Waals surface area contributed by atoms with Gasteiger partial charge in [-0.2, -0.15) is 0 Å². The highest BCUT2D eigenvalue weighted by atomic mass is 16.6. The lowest BCUT2D eigenvalue weighted by Crippen LogP contribution is -2.80. The van der Waals surface area contributed by atoms with E-state index in [1.165, 1.54) is 19.6 Å². The summed E-state index contributed by atoms with van der Waals surface area (Å²) in [6.45, 7) is 12.7. The molecule has 1 spiro atoms. The number of rotatable bonds is 11.